The molecule has 0 radical (unpaired) electrons. The maximum Gasteiger partial charge on any atom is 0.243 e. The minimum absolute atomic E-state index is 0.0483. The van der Waals surface area contributed by atoms with Gasteiger partial charge in [-0.3, -0.25) is 4.79 Å². The first-order chi connectivity index (χ1) is 9.15. The maximum absolute atomic E-state index is 11.8. The van der Waals surface area contributed by atoms with Crippen LogP contribution in [0.2, 0.25) is 0 Å². The van der Waals surface area contributed by atoms with Gasteiger partial charge in [-0.1, -0.05) is 18.2 Å². The number of hydrogen-bond donors (Lipinski definition) is 2. The van der Waals surface area contributed by atoms with Crippen LogP contribution >= 0.6 is 22.6 Å². The molecule has 0 aliphatic heterocycles. The molecule has 4 heteroatoms. The van der Waals surface area contributed by atoms with Crippen LogP contribution in [0.25, 0.3) is 0 Å². The van der Waals surface area contributed by atoms with Crippen LogP contribution < -0.4 is 10.6 Å². The number of nitrogens with one attached hydrogen (secondary N) is 2. The van der Waals surface area contributed by atoms with Gasteiger partial charge in [-0.25, -0.2) is 0 Å². The van der Waals surface area contributed by atoms with Crippen LogP contribution in [-0.2, 0) is 4.79 Å². The second-order valence-electron chi connectivity index (χ2n) is 4.22. The molecule has 98 valence electrons. The molecule has 0 heterocycles. The van der Waals surface area contributed by atoms with Crippen LogP contribution in [0.4, 0.5) is 11.4 Å². The van der Waals surface area contributed by atoms with E-state index < -0.39 is 0 Å². The molecule has 19 heavy (non-hydrogen) atoms. The van der Waals surface area contributed by atoms with E-state index in [9.17, 15) is 4.79 Å². The Labute approximate surface area is 126 Å². The molecule has 1 amide bonds. The lowest BCUT2D eigenvalue weighted by atomic mass is 10.2. The van der Waals surface area contributed by atoms with Crippen molar-refractivity contribution in [2.45, 2.75) is 6.92 Å². The van der Waals surface area contributed by atoms with Gasteiger partial charge in [0.1, 0.15) is 0 Å². The smallest absolute Gasteiger partial charge is 0.243 e. The van der Waals surface area contributed by atoms with Gasteiger partial charge in [0.15, 0.2) is 0 Å². The highest BCUT2D eigenvalue weighted by Crippen LogP contribution is 2.13. The summed E-state index contributed by atoms with van der Waals surface area (Å²) >= 11 is 2.25. The molecule has 0 saturated heterocycles. The Morgan fingerprint density at radius 2 is 1.79 bits per heavy atom. The molecule has 2 N–H and O–H groups in total. The molecule has 0 bridgehead atoms. The van der Waals surface area contributed by atoms with Crippen LogP contribution in [0, 0.1) is 10.5 Å². The second-order valence-corrected chi connectivity index (χ2v) is 5.47. The Balaban J connectivity index is 1.88. The molecule has 2 rings (SSSR count). The Morgan fingerprint density at radius 3 is 2.47 bits per heavy atom. The average molecular weight is 366 g/mol. The topological polar surface area (TPSA) is 41.1 Å². The van der Waals surface area contributed by atoms with Gasteiger partial charge >= 0.3 is 0 Å². The fraction of sp³-hybridized carbons (Fsp3) is 0.133. The highest BCUT2D eigenvalue weighted by Gasteiger charge is 2.03. The van der Waals surface area contributed by atoms with E-state index in [2.05, 4.69) is 33.2 Å². The summed E-state index contributed by atoms with van der Waals surface area (Å²) in [6.45, 7) is 2.23. The number of halogens is 1. The minimum Gasteiger partial charge on any atom is -0.376 e. The van der Waals surface area contributed by atoms with Crippen LogP contribution in [0.1, 0.15) is 5.56 Å². The molecule has 0 spiro atoms. The lowest BCUT2D eigenvalue weighted by Gasteiger charge is -2.09. The number of rotatable bonds is 4. The van der Waals surface area contributed by atoms with E-state index >= 15 is 0 Å². The molecule has 0 aliphatic rings. The number of aryl methyl sites for hydroxylation is 1. The van der Waals surface area contributed by atoms with Gasteiger partial charge < -0.3 is 10.6 Å². The first-order valence-electron chi connectivity index (χ1n) is 6.00. The summed E-state index contributed by atoms with van der Waals surface area (Å²) in [7, 11) is 0. The SMILES string of the molecule is Cc1ccccc1NC(=O)CNc1ccc(I)cc1. The molecule has 0 aromatic heterocycles. The van der Waals surface area contributed by atoms with E-state index in [1.807, 2.05) is 55.5 Å². The third kappa shape index (κ3) is 4.24. The van der Waals surface area contributed by atoms with Gasteiger partial charge in [-0.05, 0) is 65.4 Å². The second kappa shape index (κ2) is 6.56. The predicted molar refractivity (Wildman–Crippen MR) is 87.5 cm³/mol. The first-order valence-corrected chi connectivity index (χ1v) is 7.08. The number of hydrogen-bond acceptors (Lipinski definition) is 2. The van der Waals surface area contributed by atoms with E-state index in [1.165, 1.54) is 3.57 Å². The normalized spacial score (nSPS) is 10.0. The van der Waals surface area contributed by atoms with E-state index in [0.29, 0.717) is 0 Å². The van der Waals surface area contributed by atoms with Gasteiger partial charge in [0.2, 0.25) is 5.91 Å². The lowest BCUT2D eigenvalue weighted by molar-refractivity contribution is -0.114. The summed E-state index contributed by atoms with van der Waals surface area (Å²) in [4.78, 5) is 11.8. The number of carbonyl (C=O) groups excluding carboxylic acids is 1. The highest BCUT2D eigenvalue weighted by atomic mass is 127. The quantitative estimate of drug-likeness (QED) is 0.812. The van der Waals surface area contributed by atoms with E-state index in [4.69, 9.17) is 0 Å². The van der Waals surface area contributed by atoms with Crippen molar-refractivity contribution in [2.24, 2.45) is 0 Å². The van der Waals surface area contributed by atoms with Crippen molar-refractivity contribution in [3.8, 4) is 0 Å². The standard InChI is InChI=1S/C15H15IN2O/c1-11-4-2-3-5-14(11)18-15(19)10-17-13-8-6-12(16)7-9-13/h2-9,17H,10H2,1H3,(H,18,19). The van der Waals surface area contributed by atoms with Gasteiger partial charge in [0.05, 0.1) is 6.54 Å². The number of carbonyl (C=O) groups is 1. The molecule has 2 aromatic carbocycles. The minimum atomic E-state index is -0.0483. The Morgan fingerprint density at radius 1 is 1.11 bits per heavy atom. The maximum atomic E-state index is 11.8. The van der Waals surface area contributed by atoms with Crippen molar-refractivity contribution < 1.29 is 4.79 Å². The van der Waals surface area contributed by atoms with Crippen LogP contribution in [0.15, 0.2) is 48.5 Å². The summed E-state index contributed by atoms with van der Waals surface area (Å²) in [5, 5.41) is 5.98. The van der Waals surface area contributed by atoms with Crippen molar-refractivity contribution >= 4 is 39.9 Å². The summed E-state index contributed by atoms with van der Waals surface area (Å²) in [6, 6.07) is 15.7. The third-order valence-corrected chi connectivity index (χ3v) is 3.44. The molecule has 0 fully saturated rings. The molecule has 0 aliphatic carbocycles. The number of amides is 1. The molecule has 0 unspecified atom stereocenters. The number of benzene rings is 2. The average Bonchev–Trinajstić information content (AvgIpc) is 2.41. The Bertz CT molecular complexity index is 567. The van der Waals surface area contributed by atoms with E-state index in [0.717, 1.165) is 16.9 Å². The van der Waals surface area contributed by atoms with Gasteiger partial charge in [0.25, 0.3) is 0 Å². The molecule has 0 saturated carbocycles. The summed E-state index contributed by atoms with van der Waals surface area (Å²) in [5.41, 5.74) is 2.86. The summed E-state index contributed by atoms with van der Waals surface area (Å²) in [6.07, 6.45) is 0. The van der Waals surface area contributed by atoms with E-state index in [1.54, 1.807) is 0 Å². The van der Waals surface area contributed by atoms with Gasteiger partial charge in [0, 0.05) is 14.9 Å². The van der Waals surface area contributed by atoms with Gasteiger partial charge in [-0.2, -0.15) is 0 Å². The summed E-state index contributed by atoms with van der Waals surface area (Å²) < 4.78 is 1.17. The lowest BCUT2D eigenvalue weighted by Crippen LogP contribution is -2.22. The van der Waals surface area contributed by atoms with Crippen molar-refractivity contribution in [3.63, 3.8) is 0 Å². The molecule has 0 atom stereocenters. The van der Waals surface area contributed by atoms with Crippen molar-refractivity contribution in [2.75, 3.05) is 17.2 Å². The fourth-order valence-electron chi connectivity index (χ4n) is 1.66. The van der Waals surface area contributed by atoms with Crippen molar-refractivity contribution in [1.29, 1.82) is 0 Å². The Hall–Kier alpha value is -1.56. The number of anilines is 2. The number of para-hydroxylation sites is 1. The zero-order chi connectivity index (χ0) is 13.7. The van der Waals surface area contributed by atoms with Gasteiger partial charge in [-0.15, -0.1) is 0 Å². The van der Waals surface area contributed by atoms with Crippen molar-refractivity contribution in [3.05, 3.63) is 57.7 Å². The zero-order valence-electron chi connectivity index (χ0n) is 10.6. The first kappa shape index (κ1) is 13.9. The molecule has 2 aromatic rings. The van der Waals surface area contributed by atoms with Crippen molar-refractivity contribution in [1.82, 2.24) is 0 Å². The van der Waals surface area contributed by atoms with Crippen LogP contribution in [-0.4, -0.2) is 12.5 Å². The zero-order valence-corrected chi connectivity index (χ0v) is 12.8. The monoisotopic (exact) mass is 366 g/mol. The molecular formula is C15H15IN2O. The van der Waals surface area contributed by atoms with E-state index in [-0.39, 0.29) is 12.5 Å². The Kier molecular flexibility index (Phi) is 4.79. The predicted octanol–water partition coefficient (Wildman–Crippen LogP) is 3.65. The largest absolute Gasteiger partial charge is 0.376 e. The third-order valence-electron chi connectivity index (χ3n) is 2.72. The molecular weight excluding hydrogens is 351 g/mol. The van der Waals surface area contributed by atoms with Crippen LogP contribution in [0.5, 0.6) is 0 Å². The summed E-state index contributed by atoms with van der Waals surface area (Å²) in [5.74, 6) is -0.0483. The van der Waals surface area contributed by atoms with Crippen LogP contribution in [0.3, 0.4) is 0 Å². The fourth-order valence-corrected chi connectivity index (χ4v) is 2.02. The highest BCUT2D eigenvalue weighted by molar-refractivity contribution is 14.1. The molecule has 3 nitrogen and oxygen atoms in total.